The van der Waals surface area contributed by atoms with Crippen molar-refractivity contribution >= 4 is 29.2 Å². The maximum atomic E-state index is 13.2. The van der Waals surface area contributed by atoms with E-state index in [-0.39, 0.29) is 30.8 Å². The van der Waals surface area contributed by atoms with Crippen molar-refractivity contribution in [1.82, 2.24) is 20.2 Å². The molecule has 2 aliphatic rings. The summed E-state index contributed by atoms with van der Waals surface area (Å²) in [4.78, 5) is 52.7. The van der Waals surface area contributed by atoms with Crippen molar-refractivity contribution in [1.29, 1.82) is 0 Å². The second-order valence-corrected chi connectivity index (χ2v) is 12.0. The molecule has 2 aromatic heterocycles. The molecule has 6 rings (SSSR count). The van der Waals surface area contributed by atoms with Gasteiger partial charge in [-0.3, -0.25) is 29.4 Å². The number of hydrogen-bond acceptors (Lipinski definition) is 9. The van der Waals surface area contributed by atoms with E-state index < -0.39 is 12.0 Å². The molecule has 0 bridgehead atoms. The molecule has 11 nitrogen and oxygen atoms in total. The molecule has 1 saturated heterocycles. The summed E-state index contributed by atoms with van der Waals surface area (Å²) >= 11 is 0. The molecular formula is C36H36N6O5. The Bertz CT molecular complexity index is 1860. The van der Waals surface area contributed by atoms with Crippen LogP contribution in [0.2, 0.25) is 0 Å². The van der Waals surface area contributed by atoms with Crippen LogP contribution in [0.15, 0.2) is 78.0 Å². The topological polar surface area (TPSA) is 157 Å². The van der Waals surface area contributed by atoms with E-state index in [1.165, 1.54) is 6.20 Å². The highest BCUT2D eigenvalue weighted by Gasteiger charge is 2.25. The van der Waals surface area contributed by atoms with Crippen LogP contribution < -0.4 is 10.6 Å². The molecule has 0 saturated carbocycles. The van der Waals surface area contributed by atoms with E-state index >= 15 is 0 Å². The molecule has 4 aromatic rings. The van der Waals surface area contributed by atoms with Crippen LogP contribution in [0.5, 0.6) is 0 Å². The third kappa shape index (κ3) is 7.11. The summed E-state index contributed by atoms with van der Waals surface area (Å²) in [6.45, 7) is 6.26. The summed E-state index contributed by atoms with van der Waals surface area (Å²) < 4.78 is 0. The Hall–Kier alpha value is -5.26. The SMILES string of the molecule is Cc1c(CC(=O)c2ccc(C3=NCC(C(=O)O)N3)cn2)cccc1-c1cccc(NC(=O)c2ccc(CN3CC[C@@H](O)C3)cn2)c1C. The highest BCUT2D eigenvalue weighted by molar-refractivity contribution is 6.04. The average molecular weight is 633 g/mol. The van der Waals surface area contributed by atoms with Crippen molar-refractivity contribution in [3.8, 4) is 11.1 Å². The maximum absolute atomic E-state index is 13.2. The van der Waals surface area contributed by atoms with Gasteiger partial charge in [0.2, 0.25) is 0 Å². The Morgan fingerprint density at radius 1 is 0.936 bits per heavy atom. The fourth-order valence-corrected chi connectivity index (χ4v) is 6.00. The van der Waals surface area contributed by atoms with E-state index in [4.69, 9.17) is 0 Å². The van der Waals surface area contributed by atoms with Gasteiger partial charge in [-0.05, 0) is 77.9 Å². The first kappa shape index (κ1) is 31.7. The number of aliphatic hydroxyl groups is 1. The van der Waals surface area contributed by atoms with Crippen LogP contribution in [0.1, 0.15) is 55.2 Å². The number of likely N-dealkylation sites (tertiary alicyclic amines) is 1. The quantitative estimate of drug-likeness (QED) is 0.191. The van der Waals surface area contributed by atoms with E-state index in [0.717, 1.165) is 46.3 Å². The van der Waals surface area contributed by atoms with Gasteiger partial charge < -0.3 is 20.8 Å². The lowest BCUT2D eigenvalue weighted by Gasteiger charge is -2.17. The number of hydrogen-bond donors (Lipinski definition) is 4. The van der Waals surface area contributed by atoms with Crippen LogP contribution >= 0.6 is 0 Å². The molecule has 4 N–H and O–H groups in total. The van der Waals surface area contributed by atoms with Crippen molar-refractivity contribution in [3.63, 3.8) is 0 Å². The van der Waals surface area contributed by atoms with Gasteiger partial charge in [0.05, 0.1) is 12.6 Å². The molecule has 0 radical (unpaired) electrons. The summed E-state index contributed by atoms with van der Waals surface area (Å²) in [6.07, 6.45) is 3.88. The number of carboxylic acid groups (broad SMARTS) is 1. The monoisotopic (exact) mass is 632 g/mol. The standard InChI is InChI=1S/C36H36N6O5/c1-21-24(15-33(44)30-12-10-25(17-38-30)34-39-18-32(40-34)36(46)47)5-3-6-27(21)28-7-4-8-29(22(28)2)41-35(45)31-11-9-23(16-37-31)19-42-14-13-26(43)20-42/h3-12,16-17,26,32,43H,13-15,18-20H2,1-2H3,(H,39,40)(H,41,45)(H,46,47)/t26-,32?/m1/s1. The zero-order valence-electron chi connectivity index (χ0n) is 26.2. The summed E-state index contributed by atoms with van der Waals surface area (Å²) in [5.41, 5.74) is 7.52. The zero-order chi connectivity index (χ0) is 33.1. The van der Waals surface area contributed by atoms with E-state index in [1.807, 2.05) is 56.3 Å². The predicted octanol–water partition coefficient (Wildman–Crippen LogP) is 3.81. The minimum atomic E-state index is -0.970. The molecule has 240 valence electrons. The number of aliphatic hydroxyl groups excluding tert-OH is 1. The number of pyridine rings is 2. The minimum absolute atomic E-state index is 0.143. The van der Waals surface area contributed by atoms with Gasteiger partial charge in [0.25, 0.3) is 5.91 Å². The lowest BCUT2D eigenvalue weighted by molar-refractivity contribution is -0.138. The Labute approximate surface area is 272 Å². The number of aliphatic imine (C=N–C) groups is 1. The number of carbonyl (C=O) groups is 3. The predicted molar refractivity (Wildman–Crippen MR) is 178 cm³/mol. The maximum Gasteiger partial charge on any atom is 0.328 e. The van der Waals surface area contributed by atoms with Crippen LogP contribution in [0, 0.1) is 13.8 Å². The van der Waals surface area contributed by atoms with E-state index in [2.05, 4.69) is 30.5 Å². The molecule has 11 heteroatoms. The van der Waals surface area contributed by atoms with Crippen molar-refractivity contribution in [2.24, 2.45) is 4.99 Å². The number of nitrogens with zero attached hydrogens (tertiary/aromatic N) is 4. The summed E-state index contributed by atoms with van der Waals surface area (Å²) in [5.74, 6) is -0.968. The van der Waals surface area contributed by atoms with E-state index in [9.17, 15) is 24.6 Å². The van der Waals surface area contributed by atoms with Gasteiger partial charge in [-0.25, -0.2) is 4.79 Å². The summed E-state index contributed by atoms with van der Waals surface area (Å²) in [6, 6.07) is 17.8. The van der Waals surface area contributed by atoms with Crippen molar-refractivity contribution in [3.05, 3.63) is 112 Å². The van der Waals surface area contributed by atoms with Crippen LogP contribution in [0.4, 0.5) is 5.69 Å². The lowest BCUT2D eigenvalue weighted by atomic mass is 9.91. The molecule has 1 fully saturated rings. The molecule has 2 atom stereocenters. The lowest BCUT2D eigenvalue weighted by Crippen LogP contribution is -2.37. The fourth-order valence-electron chi connectivity index (χ4n) is 6.00. The van der Waals surface area contributed by atoms with Gasteiger partial charge in [0, 0.05) is 49.7 Å². The Kier molecular flexibility index (Phi) is 9.19. The second kappa shape index (κ2) is 13.6. The third-order valence-corrected chi connectivity index (χ3v) is 8.74. The Balaban J connectivity index is 1.13. The second-order valence-electron chi connectivity index (χ2n) is 12.0. The zero-order valence-corrected chi connectivity index (χ0v) is 26.2. The van der Waals surface area contributed by atoms with E-state index in [0.29, 0.717) is 41.6 Å². The van der Waals surface area contributed by atoms with Gasteiger partial charge >= 0.3 is 5.97 Å². The van der Waals surface area contributed by atoms with Crippen molar-refractivity contribution < 1.29 is 24.6 Å². The molecule has 4 heterocycles. The summed E-state index contributed by atoms with van der Waals surface area (Å²) in [5, 5.41) is 24.8. The smallest absolute Gasteiger partial charge is 0.328 e. The molecule has 1 unspecified atom stereocenters. The van der Waals surface area contributed by atoms with Gasteiger partial charge in [0.15, 0.2) is 5.78 Å². The average Bonchev–Trinajstić information content (AvgIpc) is 3.73. The molecule has 2 aromatic carbocycles. The number of amides is 1. The highest BCUT2D eigenvalue weighted by atomic mass is 16.4. The Morgan fingerprint density at radius 2 is 1.68 bits per heavy atom. The number of carboxylic acids is 1. The minimum Gasteiger partial charge on any atom is -0.480 e. The van der Waals surface area contributed by atoms with Crippen LogP contribution in [-0.2, 0) is 17.8 Å². The molecular weight excluding hydrogens is 596 g/mol. The number of amidine groups is 1. The first-order valence-corrected chi connectivity index (χ1v) is 15.5. The number of benzene rings is 2. The van der Waals surface area contributed by atoms with Gasteiger partial charge in [-0.15, -0.1) is 0 Å². The number of ketones is 1. The van der Waals surface area contributed by atoms with Gasteiger partial charge in [-0.2, -0.15) is 0 Å². The number of aromatic nitrogens is 2. The Morgan fingerprint density at radius 3 is 2.34 bits per heavy atom. The largest absolute Gasteiger partial charge is 0.480 e. The molecule has 0 aliphatic carbocycles. The van der Waals surface area contributed by atoms with Crippen molar-refractivity contribution in [2.75, 3.05) is 25.0 Å². The van der Waals surface area contributed by atoms with Crippen LogP contribution in [-0.4, -0.2) is 80.4 Å². The number of nitrogens with one attached hydrogen (secondary N) is 2. The fraction of sp³-hybridized carbons (Fsp3) is 0.278. The number of Topliss-reactive ketones (excluding diaryl/α,β-unsaturated/α-hetero) is 1. The van der Waals surface area contributed by atoms with Crippen LogP contribution in [0.25, 0.3) is 11.1 Å². The van der Waals surface area contributed by atoms with Gasteiger partial charge in [-0.1, -0.05) is 36.4 Å². The van der Waals surface area contributed by atoms with Crippen molar-refractivity contribution in [2.45, 2.75) is 45.4 Å². The normalized spacial score (nSPS) is 17.6. The first-order chi connectivity index (χ1) is 22.7. The van der Waals surface area contributed by atoms with Gasteiger partial charge in [0.1, 0.15) is 23.3 Å². The molecule has 0 spiro atoms. The van der Waals surface area contributed by atoms with Crippen LogP contribution in [0.3, 0.4) is 0 Å². The third-order valence-electron chi connectivity index (χ3n) is 8.74. The highest BCUT2D eigenvalue weighted by Crippen LogP contribution is 2.32. The number of rotatable bonds is 10. The summed E-state index contributed by atoms with van der Waals surface area (Å²) in [7, 11) is 0. The molecule has 2 aliphatic heterocycles. The molecule has 47 heavy (non-hydrogen) atoms. The number of aliphatic carboxylic acids is 1. The molecule has 1 amide bonds. The van der Waals surface area contributed by atoms with E-state index in [1.54, 1.807) is 24.4 Å². The number of carbonyl (C=O) groups excluding carboxylic acids is 2. The first-order valence-electron chi connectivity index (χ1n) is 15.5. The number of β-amino-alcohol motifs (C(OH)–C–C–N with tert-alkyl or cyclic N) is 1. The number of anilines is 1.